The quantitative estimate of drug-likeness (QED) is 0.755. The van der Waals surface area contributed by atoms with Crippen LogP contribution in [0.5, 0.6) is 0 Å². The van der Waals surface area contributed by atoms with Crippen molar-refractivity contribution < 1.29 is 4.74 Å². The fourth-order valence-corrected chi connectivity index (χ4v) is 2.71. The van der Waals surface area contributed by atoms with E-state index in [0.717, 1.165) is 31.7 Å². The van der Waals surface area contributed by atoms with Crippen LogP contribution in [0.3, 0.4) is 0 Å². The molecule has 0 bridgehead atoms. The van der Waals surface area contributed by atoms with Crippen LogP contribution in [-0.4, -0.2) is 50.8 Å². The summed E-state index contributed by atoms with van der Waals surface area (Å²) in [7, 11) is 4.43. The highest BCUT2D eigenvalue weighted by molar-refractivity contribution is 4.87. The molecule has 2 aliphatic rings. The van der Waals surface area contributed by atoms with E-state index in [2.05, 4.69) is 24.3 Å². The molecule has 0 aromatic rings. The molecule has 1 saturated heterocycles. The van der Waals surface area contributed by atoms with Crippen LogP contribution >= 0.6 is 0 Å². The van der Waals surface area contributed by atoms with E-state index in [1.807, 2.05) is 0 Å². The second-order valence-electron chi connectivity index (χ2n) is 5.18. The largest absolute Gasteiger partial charge is 0.379 e. The first kappa shape index (κ1) is 11.4. The molecule has 3 heteroatoms. The lowest BCUT2D eigenvalue weighted by Crippen LogP contribution is -2.48. The van der Waals surface area contributed by atoms with Crippen molar-refractivity contribution in [1.82, 2.24) is 10.2 Å². The summed E-state index contributed by atoms with van der Waals surface area (Å²) in [5.74, 6) is 0.934. The van der Waals surface area contributed by atoms with Crippen LogP contribution in [-0.2, 0) is 4.74 Å². The molecule has 2 rings (SSSR count). The lowest BCUT2D eigenvalue weighted by molar-refractivity contribution is 0.0495. The number of nitrogens with zero attached hydrogens (tertiary/aromatic N) is 1. The highest BCUT2D eigenvalue weighted by Gasteiger charge is 2.31. The van der Waals surface area contributed by atoms with Gasteiger partial charge in [0.05, 0.1) is 13.2 Å². The number of hydrogen-bond acceptors (Lipinski definition) is 3. The van der Waals surface area contributed by atoms with Gasteiger partial charge in [0.15, 0.2) is 0 Å². The molecular formula is C12H24N2O. The lowest BCUT2D eigenvalue weighted by Gasteiger charge is -2.40. The number of nitrogens with one attached hydrogen (secondary N) is 1. The van der Waals surface area contributed by atoms with Crippen LogP contribution in [0, 0.1) is 5.92 Å². The first-order chi connectivity index (χ1) is 7.27. The van der Waals surface area contributed by atoms with Crippen LogP contribution < -0.4 is 5.32 Å². The van der Waals surface area contributed by atoms with E-state index in [0.29, 0.717) is 6.04 Å². The monoisotopic (exact) mass is 212 g/mol. The minimum Gasteiger partial charge on any atom is -0.379 e. The Morgan fingerprint density at radius 3 is 2.67 bits per heavy atom. The van der Waals surface area contributed by atoms with Crippen molar-refractivity contribution >= 4 is 0 Å². The SMILES string of the molecule is CN(C)C(CC1COCCN1)C1CCC1. The Labute approximate surface area is 93.2 Å². The summed E-state index contributed by atoms with van der Waals surface area (Å²) in [6, 6.07) is 1.32. The van der Waals surface area contributed by atoms with E-state index in [1.165, 1.54) is 25.7 Å². The first-order valence-corrected chi connectivity index (χ1v) is 6.25. The van der Waals surface area contributed by atoms with E-state index >= 15 is 0 Å². The molecule has 88 valence electrons. The highest BCUT2D eigenvalue weighted by atomic mass is 16.5. The Kier molecular flexibility index (Phi) is 4.00. The minimum absolute atomic E-state index is 0.576. The zero-order chi connectivity index (χ0) is 10.7. The fraction of sp³-hybridized carbons (Fsp3) is 1.00. The van der Waals surface area contributed by atoms with Gasteiger partial charge in [-0.05, 0) is 39.3 Å². The maximum atomic E-state index is 5.51. The Morgan fingerprint density at radius 2 is 2.20 bits per heavy atom. The van der Waals surface area contributed by atoms with Gasteiger partial charge < -0.3 is 15.0 Å². The molecule has 0 radical (unpaired) electrons. The molecule has 2 unspecified atom stereocenters. The smallest absolute Gasteiger partial charge is 0.0620 e. The van der Waals surface area contributed by atoms with Gasteiger partial charge in [-0.25, -0.2) is 0 Å². The summed E-state index contributed by atoms with van der Waals surface area (Å²) >= 11 is 0. The summed E-state index contributed by atoms with van der Waals surface area (Å²) in [4.78, 5) is 2.40. The average molecular weight is 212 g/mol. The summed E-state index contributed by atoms with van der Waals surface area (Å²) in [6.45, 7) is 2.80. The van der Waals surface area contributed by atoms with E-state index in [4.69, 9.17) is 4.74 Å². The van der Waals surface area contributed by atoms with E-state index in [-0.39, 0.29) is 0 Å². The van der Waals surface area contributed by atoms with E-state index in [1.54, 1.807) is 0 Å². The predicted octanol–water partition coefficient (Wildman–Crippen LogP) is 1.10. The molecule has 0 aromatic heterocycles. The van der Waals surface area contributed by atoms with Crippen LogP contribution in [0.1, 0.15) is 25.7 Å². The van der Waals surface area contributed by atoms with Gasteiger partial charge in [-0.1, -0.05) is 6.42 Å². The summed E-state index contributed by atoms with van der Waals surface area (Å²) in [5.41, 5.74) is 0. The molecule has 1 N–H and O–H groups in total. The molecule has 0 spiro atoms. The zero-order valence-electron chi connectivity index (χ0n) is 10.0. The molecule has 3 nitrogen and oxygen atoms in total. The Bertz CT molecular complexity index is 186. The van der Waals surface area contributed by atoms with Gasteiger partial charge in [0, 0.05) is 18.6 Å². The molecule has 1 aliphatic carbocycles. The van der Waals surface area contributed by atoms with Gasteiger partial charge >= 0.3 is 0 Å². The van der Waals surface area contributed by atoms with Crippen LogP contribution in [0.4, 0.5) is 0 Å². The molecular weight excluding hydrogens is 188 g/mol. The van der Waals surface area contributed by atoms with Crippen LogP contribution in [0.25, 0.3) is 0 Å². The third-order valence-corrected chi connectivity index (χ3v) is 3.88. The molecule has 15 heavy (non-hydrogen) atoms. The highest BCUT2D eigenvalue weighted by Crippen LogP contribution is 2.33. The van der Waals surface area contributed by atoms with E-state index in [9.17, 15) is 0 Å². The van der Waals surface area contributed by atoms with Gasteiger partial charge in [0.25, 0.3) is 0 Å². The van der Waals surface area contributed by atoms with Crippen molar-refractivity contribution in [3.8, 4) is 0 Å². The number of morpholine rings is 1. The molecule has 1 saturated carbocycles. The Balaban J connectivity index is 1.81. The Morgan fingerprint density at radius 1 is 1.40 bits per heavy atom. The van der Waals surface area contributed by atoms with Crippen molar-refractivity contribution in [3.63, 3.8) is 0 Å². The van der Waals surface area contributed by atoms with Gasteiger partial charge in [-0.3, -0.25) is 0 Å². The Hall–Kier alpha value is -0.120. The molecule has 0 amide bonds. The molecule has 0 aromatic carbocycles. The average Bonchev–Trinajstić information content (AvgIpc) is 2.15. The lowest BCUT2D eigenvalue weighted by atomic mass is 9.77. The topological polar surface area (TPSA) is 24.5 Å². The second-order valence-corrected chi connectivity index (χ2v) is 5.18. The number of rotatable bonds is 4. The minimum atomic E-state index is 0.576. The number of ether oxygens (including phenoxy) is 1. The first-order valence-electron chi connectivity index (χ1n) is 6.25. The van der Waals surface area contributed by atoms with Crippen LogP contribution in [0.15, 0.2) is 0 Å². The van der Waals surface area contributed by atoms with Gasteiger partial charge in [0.2, 0.25) is 0 Å². The molecule has 1 heterocycles. The second kappa shape index (κ2) is 5.28. The van der Waals surface area contributed by atoms with Crippen molar-refractivity contribution in [2.75, 3.05) is 33.9 Å². The predicted molar refractivity (Wildman–Crippen MR) is 62.0 cm³/mol. The van der Waals surface area contributed by atoms with Gasteiger partial charge in [-0.2, -0.15) is 0 Å². The fourth-order valence-electron chi connectivity index (χ4n) is 2.71. The van der Waals surface area contributed by atoms with Crippen molar-refractivity contribution in [3.05, 3.63) is 0 Å². The summed E-state index contributed by atoms with van der Waals surface area (Å²) < 4.78 is 5.51. The third-order valence-electron chi connectivity index (χ3n) is 3.88. The van der Waals surface area contributed by atoms with Gasteiger partial charge in [-0.15, -0.1) is 0 Å². The number of hydrogen-bond donors (Lipinski definition) is 1. The summed E-state index contributed by atoms with van der Waals surface area (Å²) in [6.07, 6.45) is 5.54. The van der Waals surface area contributed by atoms with Crippen molar-refractivity contribution in [2.45, 2.75) is 37.8 Å². The molecule has 2 atom stereocenters. The normalized spacial score (nSPS) is 30.2. The zero-order valence-corrected chi connectivity index (χ0v) is 10.0. The van der Waals surface area contributed by atoms with Crippen LogP contribution in [0.2, 0.25) is 0 Å². The molecule has 2 fully saturated rings. The molecule has 1 aliphatic heterocycles. The maximum Gasteiger partial charge on any atom is 0.0620 e. The third kappa shape index (κ3) is 2.92. The van der Waals surface area contributed by atoms with Crippen molar-refractivity contribution in [2.24, 2.45) is 5.92 Å². The van der Waals surface area contributed by atoms with Gasteiger partial charge in [0.1, 0.15) is 0 Å². The van der Waals surface area contributed by atoms with E-state index < -0.39 is 0 Å². The standard InChI is InChI=1S/C12H24N2O/c1-14(2)12(10-4-3-5-10)8-11-9-15-7-6-13-11/h10-13H,3-9H2,1-2H3. The van der Waals surface area contributed by atoms with Crippen molar-refractivity contribution in [1.29, 1.82) is 0 Å². The maximum absolute atomic E-state index is 5.51. The summed E-state index contributed by atoms with van der Waals surface area (Å²) in [5, 5.41) is 3.56.